The summed E-state index contributed by atoms with van der Waals surface area (Å²) in [5.74, 6) is 1.64. The quantitative estimate of drug-likeness (QED) is 0.915. The van der Waals surface area contributed by atoms with Crippen molar-refractivity contribution in [3.8, 4) is 0 Å². The molecule has 1 atom stereocenters. The summed E-state index contributed by atoms with van der Waals surface area (Å²) in [5.41, 5.74) is 3.32. The van der Waals surface area contributed by atoms with E-state index in [2.05, 4.69) is 33.3 Å². The Labute approximate surface area is 126 Å². The standard InChI is InChI=1S/C16H23N5/c1-11(9-14-7-6-8-17-10-14)18-15-12(2)13(3)19-16(20-15)21(4)5/h6-8,10-11H,9H2,1-5H3,(H,18,19,20)/t11-/m0/s1. The number of hydrogen-bond donors (Lipinski definition) is 1. The topological polar surface area (TPSA) is 53.9 Å². The molecule has 0 aliphatic carbocycles. The predicted molar refractivity (Wildman–Crippen MR) is 86.9 cm³/mol. The summed E-state index contributed by atoms with van der Waals surface area (Å²) in [7, 11) is 3.90. The molecular weight excluding hydrogens is 262 g/mol. The van der Waals surface area contributed by atoms with E-state index >= 15 is 0 Å². The first-order valence-electron chi connectivity index (χ1n) is 7.15. The van der Waals surface area contributed by atoms with Crippen molar-refractivity contribution in [3.05, 3.63) is 41.3 Å². The lowest BCUT2D eigenvalue weighted by molar-refractivity contribution is 0.776. The highest BCUT2D eigenvalue weighted by atomic mass is 15.2. The third kappa shape index (κ3) is 3.90. The van der Waals surface area contributed by atoms with Gasteiger partial charge in [-0.2, -0.15) is 4.98 Å². The number of pyridine rings is 1. The van der Waals surface area contributed by atoms with Gasteiger partial charge in [0.1, 0.15) is 5.82 Å². The first-order chi connectivity index (χ1) is 9.97. The fourth-order valence-corrected chi connectivity index (χ4v) is 2.11. The van der Waals surface area contributed by atoms with Gasteiger partial charge in [0.25, 0.3) is 0 Å². The minimum Gasteiger partial charge on any atom is -0.367 e. The van der Waals surface area contributed by atoms with Gasteiger partial charge in [-0.15, -0.1) is 0 Å². The van der Waals surface area contributed by atoms with E-state index in [0.29, 0.717) is 0 Å². The number of aromatic nitrogens is 3. The van der Waals surface area contributed by atoms with E-state index in [0.717, 1.165) is 29.4 Å². The molecule has 0 aliphatic rings. The van der Waals surface area contributed by atoms with Gasteiger partial charge in [-0.25, -0.2) is 4.98 Å². The van der Waals surface area contributed by atoms with Crippen LogP contribution in [0.4, 0.5) is 11.8 Å². The fourth-order valence-electron chi connectivity index (χ4n) is 2.11. The Morgan fingerprint density at radius 3 is 2.62 bits per heavy atom. The van der Waals surface area contributed by atoms with Gasteiger partial charge in [-0.3, -0.25) is 4.98 Å². The van der Waals surface area contributed by atoms with Gasteiger partial charge in [0.15, 0.2) is 0 Å². The zero-order valence-corrected chi connectivity index (χ0v) is 13.4. The summed E-state index contributed by atoms with van der Waals surface area (Å²) in [6.45, 7) is 6.22. The van der Waals surface area contributed by atoms with E-state index in [-0.39, 0.29) is 6.04 Å². The molecule has 1 N–H and O–H groups in total. The van der Waals surface area contributed by atoms with E-state index in [9.17, 15) is 0 Å². The molecule has 0 unspecified atom stereocenters. The molecule has 0 amide bonds. The van der Waals surface area contributed by atoms with Gasteiger partial charge in [0.2, 0.25) is 5.95 Å². The van der Waals surface area contributed by atoms with Gasteiger partial charge >= 0.3 is 0 Å². The minimum absolute atomic E-state index is 0.275. The average molecular weight is 285 g/mol. The van der Waals surface area contributed by atoms with Crippen molar-refractivity contribution in [2.45, 2.75) is 33.2 Å². The maximum absolute atomic E-state index is 4.60. The molecule has 0 spiro atoms. The van der Waals surface area contributed by atoms with E-state index in [4.69, 9.17) is 0 Å². The smallest absolute Gasteiger partial charge is 0.227 e. The summed E-state index contributed by atoms with van der Waals surface area (Å²) in [5, 5.41) is 3.49. The van der Waals surface area contributed by atoms with Crippen molar-refractivity contribution in [1.82, 2.24) is 15.0 Å². The number of aryl methyl sites for hydroxylation is 1. The Bertz CT molecular complexity index is 595. The summed E-state index contributed by atoms with van der Waals surface area (Å²) in [6.07, 6.45) is 4.61. The highest BCUT2D eigenvalue weighted by molar-refractivity contribution is 5.50. The maximum atomic E-state index is 4.60. The van der Waals surface area contributed by atoms with Crippen LogP contribution in [0.15, 0.2) is 24.5 Å². The Kier molecular flexibility index (Phi) is 4.73. The lowest BCUT2D eigenvalue weighted by Gasteiger charge is -2.19. The summed E-state index contributed by atoms with van der Waals surface area (Å²) >= 11 is 0. The SMILES string of the molecule is Cc1nc(N(C)C)nc(N[C@@H](C)Cc2cccnc2)c1C. The summed E-state index contributed by atoms with van der Waals surface area (Å²) in [6, 6.07) is 4.33. The van der Waals surface area contributed by atoms with Crippen molar-refractivity contribution in [1.29, 1.82) is 0 Å². The fraction of sp³-hybridized carbons (Fsp3) is 0.438. The Morgan fingerprint density at radius 1 is 1.24 bits per heavy atom. The molecule has 2 aromatic rings. The van der Waals surface area contributed by atoms with Crippen LogP contribution in [-0.4, -0.2) is 35.1 Å². The molecule has 0 radical (unpaired) electrons. The van der Waals surface area contributed by atoms with Crippen LogP contribution in [-0.2, 0) is 6.42 Å². The molecule has 2 aromatic heterocycles. The Balaban J connectivity index is 2.15. The van der Waals surface area contributed by atoms with Crippen molar-refractivity contribution in [2.75, 3.05) is 24.3 Å². The molecule has 0 fully saturated rings. The zero-order valence-electron chi connectivity index (χ0n) is 13.4. The number of anilines is 2. The van der Waals surface area contributed by atoms with E-state index in [1.807, 2.05) is 45.1 Å². The van der Waals surface area contributed by atoms with Crippen molar-refractivity contribution >= 4 is 11.8 Å². The molecular formula is C16H23N5. The largest absolute Gasteiger partial charge is 0.367 e. The van der Waals surface area contributed by atoms with Gasteiger partial charge in [0, 0.05) is 43.8 Å². The zero-order chi connectivity index (χ0) is 15.4. The van der Waals surface area contributed by atoms with Gasteiger partial charge < -0.3 is 10.2 Å². The molecule has 0 bridgehead atoms. The molecule has 0 saturated heterocycles. The van der Waals surface area contributed by atoms with Gasteiger partial charge in [-0.05, 0) is 38.8 Å². The van der Waals surface area contributed by atoms with Crippen molar-refractivity contribution in [2.24, 2.45) is 0 Å². The molecule has 0 aliphatic heterocycles. The third-order valence-electron chi connectivity index (χ3n) is 3.43. The first-order valence-corrected chi connectivity index (χ1v) is 7.15. The molecule has 2 rings (SSSR count). The number of rotatable bonds is 5. The molecule has 2 heterocycles. The Hall–Kier alpha value is -2.17. The van der Waals surface area contributed by atoms with Crippen LogP contribution in [0.5, 0.6) is 0 Å². The van der Waals surface area contributed by atoms with Crippen LogP contribution in [0, 0.1) is 13.8 Å². The lowest BCUT2D eigenvalue weighted by Crippen LogP contribution is -2.22. The second-order valence-electron chi connectivity index (χ2n) is 5.59. The van der Waals surface area contributed by atoms with Crippen molar-refractivity contribution in [3.63, 3.8) is 0 Å². The van der Waals surface area contributed by atoms with Crippen LogP contribution >= 0.6 is 0 Å². The number of nitrogens with zero attached hydrogens (tertiary/aromatic N) is 4. The van der Waals surface area contributed by atoms with E-state index in [1.165, 1.54) is 5.56 Å². The molecule has 5 heteroatoms. The predicted octanol–water partition coefficient (Wildman–Crippen LogP) is 2.60. The molecule has 0 saturated carbocycles. The van der Waals surface area contributed by atoms with Crippen molar-refractivity contribution < 1.29 is 0 Å². The Morgan fingerprint density at radius 2 is 2.00 bits per heavy atom. The second kappa shape index (κ2) is 6.52. The molecule has 0 aromatic carbocycles. The van der Waals surface area contributed by atoms with Crippen LogP contribution in [0.1, 0.15) is 23.7 Å². The maximum Gasteiger partial charge on any atom is 0.227 e. The first kappa shape index (κ1) is 15.2. The second-order valence-corrected chi connectivity index (χ2v) is 5.59. The van der Waals surface area contributed by atoms with Gasteiger partial charge in [0.05, 0.1) is 0 Å². The normalized spacial score (nSPS) is 12.0. The average Bonchev–Trinajstić information content (AvgIpc) is 2.44. The summed E-state index contributed by atoms with van der Waals surface area (Å²) in [4.78, 5) is 15.2. The van der Waals surface area contributed by atoms with E-state index < -0.39 is 0 Å². The number of nitrogens with one attached hydrogen (secondary N) is 1. The van der Waals surface area contributed by atoms with Crippen LogP contribution in [0.3, 0.4) is 0 Å². The molecule has 112 valence electrons. The summed E-state index contributed by atoms with van der Waals surface area (Å²) < 4.78 is 0. The molecule has 21 heavy (non-hydrogen) atoms. The van der Waals surface area contributed by atoms with Crippen LogP contribution in [0.2, 0.25) is 0 Å². The minimum atomic E-state index is 0.275. The highest BCUT2D eigenvalue weighted by Gasteiger charge is 2.12. The van der Waals surface area contributed by atoms with Gasteiger partial charge in [-0.1, -0.05) is 6.07 Å². The third-order valence-corrected chi connectivity index (χ3v) is 3.43. The van der Waals surface area contributed by atoms with Crippen LogP contribution < -0.4 is 10.2 Å². The van der Waals surface area contributed by atoms with E-state index in [1.54, 1.807) is 6.20 Å². The monoisotopic (exact) mass is 285 g/mol. The van der Waals surface area contributed by atoms with Crippen LogP contribution in [0.25, 0.3) is 0 Å². The highest BCUT2D eigenvalue weighted by Crippen LogP contribution is 2.19. The number of hydrogen-bond acceptors (Lipinski definition) is 5. The molecule has 5 nitrogen and oxygen atoms in total. The lowest BCUT2D eigenvalue weighted by atomic mass is 10.1.